The first kappa shape index (κ1) is 29.7. The van der Waals surface area contributed by atoms with Crippen molar-refractivity contribution in [3.8, 4) is 5.75 Å². The van der Waals surface area contributed by atoms with E-state index >= 15 is 0 Å². The molecule has 0 spiro atoms. The molecule has 2 aromatic heterocycles. The number of ether oxygens (including phenoxy) is 2. The molecule has 0 saturated carbocycles. The molecule has 2 aliphatic rings. The zero-order chi connectivity index (χ0) is 30.9. The van der Waals surface area contributed by atoms with Gasteiger partial charge >= 0.3 is 5.97 Å². The van der Waals surface area contributed by atoms with Crippen molar-refractivity contribution in [1.29, 1.82) is 0 Å². The van der Waals surface area contributed by atoms with E-state index in [9.17, 15) is 23.6 Å². The maximum Gasteiger partial charge on any atom is 0.311 e. The van der Waals surface area contributed by atoms with Crippen molar-refractivity contribution in [3.05, 3.63) is 64.9 Å². The van der Waals surface area contributed by atoms with Crippen LogP contribution in [-0.4, -0.2) is 64.6 Å². The van der Waals surface area contributed by atoms with Crippen molar-refractivity contribution < 1.29 is 33.0 Å². The van der Waals surface area contributed by atoms with Gasteiger partial charge in [-0.15, -0.1) is 0 Å². The third-order valence-electron chi connectivity index (χ3n) is 7.76. The predicted molar refractivity (Wildman–Crippen MR) is 153 cm³/mol. The van der Waals surface area contributed by atoms with Gasteiger partial charge in [0.15, 0.2) is 18.1 Å². The molecule has 12 nitrogen and oxygen atoms in total. The van der Waals surface area contributed by atoms with Gasteiger partial charge in [-0.1, -0.05) is 17.7 Å². The standard InChI is InChI=1S/C30H33FN6O6/c1-17(2)36-22-11-19(5-6-24(22)43-16-25(36)38)14-32-27(39)21-12-23(37-26(35-21)20(31)15-34-37)28(40)33-13-18-7-9-30(3,10-8-18)29(41)42-4/h5-7,11-12,15,17H,8-10,13-14,16H2,1-4H3,(H,32,39)(H,33,40). The SMILES string of the molecule is COC(=O)C1(C)CC=C(CNC(=O)c2cc(C(=O)NCc3ccc4c(c3)N(C(C)C)C(=O)CO4)nc3c(F)cnn23)CC1. The van der Waals surface area contributed by atoms with Crippen LogP contribution >= 0.6 is 0 Å². The number of nitrogens with one attached hydrogen (secondary N) is 2. The predicted octanol–water partition coefficient (Wildman–Crippen LogP) is 2.95. The minimum absolute atomic E-state index is 0.0388. The normalized spacial score (nSPS) is 18.1. The molecule has 43 heavy (non-hydrogen) atoms. The Balaban J connectivity index is 1.30. The van der Waals surface area contributed by atoms with E-state index in [-0.39, 0.29) is 54.6 Å². The molecule has 226 valence electrons. The number of fused-ring (bicyclic) bond motifs is 2. The minimum atomic E-state index is -0.783. The smallest absolute Gasteiger partial charge is 0.311 e. The fraction of sp³-hybridized carbons (Fsp3) is 0.400. The summed E-state index contributed by atoms with van der Waals surface area (Å²) in [6.45, 7) is 5.91. The van der Waals surface area contributed by atoms with E-state index in [1.54, 1.807) is 23.1 Å². The molecule has 1 unspecified atom stereocenters. The molecule has 3 aromatic rings. The molecule has 0 bridgehead atoms. The van der Waals surface area contributed by atoms with Gasteiger partial charge in [-0.25, -0.2) is 13.9 Å². The average Bonchev–Trinajstić information content (AvgIpc) is 3.38. The molecule has 2 N–H and O–H groups in total. The fourth-order valence-corrected chi connectivity index (χ4v) is 5.27. The molecule has 1 aliphatic carbocycles. The first-order valence-electron chi connectivity index (χ1n) is 14.0. The summed E-state index contributed by atoms with van der Waals surface area (Å²) in [6, 6.07) is 6.46. The summed E-state index contributed by atoms with van der Waals surface area (Å²) in [5.74, 6) is -1.84. The van der Waals surface area contributed by atoms with Gasteiger partial charge in [0.05, 0.1) is 24.4 Å². The Labute approximate surface area is 247 Å². The lowest BCUT2D eigenvalue weighted by Crippen LogP contribution is -2.43. The van der Waals surface area contributed by atoms with E-state index in [4.69, 9.17) is 9.47 Å². The lowest BCUT2D eigenvalue weighted by atomic mass is 9.76. The Morgan fingerprint density at radius 3 is 2.63 bits per heavy atom. The third kappa shape index (κ3) is 5.92. The third-order valence-corrected chi connectivity index (χ3v) is 7.76. The summed E-state index contributed by atoms with van der Waals surface area (Å²) in [5, 5.41) is 9.47. The first-order chi connectivity index (χ1) is 20.5. The Hall–Kier alpha value is -4.81. The molecular formula is C30H33FN6O6. The van der Waals surface area contributed by atoms with E-state index in [2.05, 4.69) is 20.7 Å². The summed E-state index contributed by atoms with van der Waals surface area (Å²) >= 11 is 0. The minimum Gasteiger partial charge on any atom is -0.482 e. The van der Waals surface area contributed by atoms with Gasteiger partial charge in [0.25, 0.3) is 17.7 Å². The van der Waals surface area contributed by atoms with Crippen LogP contribution in [0.25, 0.3) is 5.65 Å². The van der Waals surface area contributed by atoms with Crippen LogP contribution in [0.2, 0.25) is 0 Å². The summed E-state index contributed by atoms with van der Waals surface area (Å²) in [6.07, 6.45) is 4.51. The van der Waals surface area contributed by atoms with Crippen LogP contribution in [0.1, 0.15) is 66.6 Å². The summed E-state index contributed by atoms with van der Waals surface area (Å²) < 4.78 is 26.0. The quantitative estimate of drug-likeness (QED) is 0.300. The number of halogens is 1. The molecule has 0 radical (unpaired) electrons. The lowest BCUT2D eigenvalue weighted by Gasteiger charge is -2.32. The number of hydrogen-bond donors (Lipinski definition) is 2. The molecule has 0 saturated heterocycles. The van der Waals surface area contributed by atoms with E-state index in [1.807, 2.05) is 26.8 Å². The molecular weight excluding hydrogens is 559 g/mol. The summed E-state index contributed by atoms with van der Waals surface area (Å²) in [4.78, 5) is 56.5. The number of rotatable bonds is 8. The zero-order valence-corrected chi connectivity index (χ0v) is 24.4. The number of anilines is 1. The van der Waals surface area contributed by atoms with Gasteiger partial charge in [0.2, 0.25) is 0 Å². The Morgan fingerprint density at radius 2 is 1.93 bits per heavy atom. The van der Waals surface area contributed by atoms with Crippen LogP contribution in [0.3, 0.4) is 0 Å². The van der Waals surface area contributed by atoms with E-state index in [0.717, 1.165) is 16.3 Å². The van der Waals surface area contributed by atoms with Gasteiger partial charge < -0.3 is 25.0 Å². The highest BCUT2D eigenvalue weighted by Gasteiger charge is 2.35. The highest BCUT2D eigenvalue weighted by Crippen LogP contribution is 2.36. The number of methoxy groups -OCH3 is 1. The van der Waals surface area contributed by atoms with E-state index in [1.165, 1.54) is 13.2 Å². The molecule has 1 atom stereocenters. The van der Waals surface area contributed by atoms with Crippen molar-refractivity contribution in [2.24, 2.45) is 5.41 Å². The maximum atomic E-state index is 14.5. The van der Waals surface area contributed by atoms with Crippen molar-refractivity contribution in [1.82, 2.24) is 25.2 Å². The first-order valence-corrected chi connectivity index (χ1v) is 14.0. The van der Waals surface area contributed by atoms with Gasteiger partial charge in [-0.3, -0.25) is 19.2 Å². The Bertz CT molecular complexity index is 1650. The van der Waals surface area contributed by atoms with Gasteiger partial charge in [0, 0.05) is 25.2 Å². The summed E-state index contributed by atoms with van der Waals surface area (Å²) in [5.41, 5.74) is 1.16. The van der Waals surface area contributed by atoms with Crippen molar-refractivity contribution in [3.63, 3.8) is 0 Å². The van der Waals surface area contributed by atoms with Crippen LogP contribution in [-0.2, 0) is 20.9 Å². The second kappa shape index (κ2) is 11.8. The number of aromatic nitrogens is 3. The van der Waals surface area contributed by atoms with E-state index < -0.39 is 23.0 Å². The largest absolute Gasteiger partial charge is 0.482 e. The topological polar surface area (TPSA) is 144 Å². The molecule has 1 aliphatic heterocycles. The Morgan fingerprint density at radius 1 is 1.16 bits per heavy atom. The summed E-state index contributed by atoms with van der Waals surface area (Å²) in [7, 11) is 1.36. The average molecular weight is 593 g/mol. The number of esters is 1. The lowest BCUT2D eigenvalue weighted by molar-refractivity contribution is -0.152. The van der Waals surface area contributed by atoms with Gasteiger partial charge in [-0.05, 0) is 57.7 Å². The van der Waals surface area contributed by atoms with Crippen molar-refractivity contribution >= 4 is 35.0 Å². The number of benzene rings is 1. The van der Waals surface area contributed by atoms with Crippen LogP contribution in [0.5, 0.6) is 5.75 Å². The second-order valence-corrected chi connectivity index (χ2v) is 11.2. The molecule has 3 amide bonds. The van der Waals surface area contributed by atoms with Crippen LogP contribution in [0.15, 0.2) is 42.1 Å². The van der Waals surface area contributed by atoms with Gasteiger partial charge in [0.1, 0.15) is 17.1 Å². The molecule has 0 fully saturated rings. The molecule has 1 aromatic carbocycles. The second-order valence-electron chi connectivity index (χ2n) is 11.2. The van der Waals surface area contributed by atoms with Crippen LogP contribution < -0.4 is 20.3 Å². The number of amides is 3. The number of allylic oxidation sites excluding steroid dienone is 1. The van der Waals surface area contributed by atoms with Crippen molar-refractivity contribution in [2.75, 3.05) is 25.2 Å². The van der Waals surface area contributed by atoms with Crippen LogP contribution in [0.4, 0.5) is 10.1 Å². The monoisotopic (exact) mass is 592 g/mol. The fourth-order valence-electron chi connectivity index (χ4n) is 5.27. The zero-order valence-electron chi connectivity index (χ0n) is 24.4. The number of hydrogen-bond acceptors (Lipinski definition) is 8. The maximum absolute atomic E-state index is 14.5. The number of carbonyl (C=O) groups is 4. The van der Waals surface area contributed by atoms with Gasteiger partial charge in [-0.2, -0.15) is 5.10 Å². The van der Waals surface area contributed by atoms with E-state index in [0.29, 0.717) is 36.3 Å². The number of carbonyl (C=O) groups excluding carboxylic acids is 4. The molecule has 13 heteroatoms. The molecule has 5 rings (SSSR count). The highest BCUT2D eigenvalue weighted by molar-refractivity contribution is 5.99. The molecule has 3 heterocycles. The number of nitrogens with zero attached hydrogens (tertiary/aromatic N) is 4. The Kier molecular flexibility index (Phi) is 8.16. The van der Waals surface area contributed by atoms with Crippen LogP contribution in [0, 0.1) is 11.2 Å². The highest BCUT2D eigenvalue weighted by atomic mass is 19.1. The van der Waals surface area contributed by atoms with Crippen molar-refractivity contribution in [2.45, 2.75) is 52.6 Å².